The molecule has 1 heterocycles. The molecular weight excluding hydrogens is 320 g/mol. The maximum Gasteiger partial charge on any atom is 0.191 e. The highest BCUT2D eigenvalue weighted by molar-refractivity contribution is 7.11. The molecular formula is C18H32N4OS. The van der Waals surface area contributed by atoms with Crippen molar-refractivity contribution in [2.75, 3.05) is 26.8 Å². The molecule has 0 radical (unpaired) electrons. The van der Waals surface area contributed by atoms with Crippen LogP contribution in [0.15, 0.2) is 4.99 Å². The molecule has 0 spiro atoms. The molecule has 2 rings (SSSR count). The van der Waals surface area contributed by atoms with Crippen LogP contribution in [0.4, 0.5) is 0 Å². The van der Waals surface area contributed by atoms with Crippen LogP contribution >= 0.6 is 11.3 Å². The number of ether oxygens (including phenoxy) is 1. The van der Waals surface area contributed by atoms with Crippen LogP contribution in [0, 0.1) is 19.3 Å². The van der Waals surface area contributed by atoms with Gasteiger partial charge in [-0.3, -0.25) is 4.99 Å². The van der Waals surface area contributed by atoms with Gasteiger partial charge < -0.3 is 15.4 Å². The Morgan fingerprint density at radius 3 is 2.62 bits per heavy atom. The molecule has 1 saturated carbocycles. The molecule has 1 aliphatic rings. The summed E-state index contributed by atoms with van der Waals surface area (Å²) >= 11 is 1.75. The van der Waals surface area contributed by atoms with Crippen LogP contribution in [-0.2, 0) is 11.3 Å². The zero-order valence-electron chi connectivity index (χ0n) is 15.6. The number of nitrogens with one attached hydrogen (secondary N) is 2. The molecule has 0 aromatic carbocycles. The monoisotopic (exact) mass is 352 g/mol. The first kappa shape index (κ1) is 19.2. The third-order valence-electron chi connectivity index (χ3n) is 4.98. The Morgan fingerprint density at radius 2 is 2.04 bits per heavy atom. The smallest absolute Gasteiger partial charge is 0.191 e. The van der Waals surface area contributed by atoms with E-state index in [0.29, 0.717) is 5.41 Å². The predicted octanol–water partition coefficient (Wildman–Crippen LogP) is 3.41. The van der Waals surface area contributed by atoms with E-state index in [1.54, 1.807) is 11.3 Å². The van der Waals surface area contributed by atoms with Gasteiger partial charge in [-0.1, -0.05) is 12.8 Å². The fourth-order valence-corrected chi connectivity index (χ4v) is 4.21. The lowest BCUT2D eigenvalue weighted by Gasteiger charge is -2.30. The number of guanidine groups is 1. The highest BCUT2D eigenvalue weighted by atomic mass is 32.1. The second-order valence-corrected chi connectivity index (χ2v) is 7.97. The van der Waals surface area contributed by atoms with Gasteiger partial charge in [0, 0.05) is 31.7 Å². The minimum absolute atomic E-state index is 0.362. The van der Waals surface area contributed by atoms with E-state index in [1.807, 2.05) is 7.05 Å². The van der Waals surface area contributed by atoms with Gasteiger partial charge in [-0.2, -0.15) is 0 Å². The summed E-state index contributed by atoms with van der Waals surface area (Å²) in [5, 5.41) is 8.03. The molecule has 136 valence electrons. The normalized spacial score (nSPS) is 17.2. The Bertz CT molecular complexity index is 516. The first-order valence-electron chi connectivity index (χ1n) is 9.04. The van der Waals surface area contributed by atoms with Crippen molar-refractivity contribution in [2.45, 2.75) is 59.4 Å². The fraction of sp³-hybridized carbons (Fsp3) is 0.778. The molecule has 1 aromatic rings. The minimum Gasteiger partial charge on any atom is -0.382 e. The first-order chi connectivity index (χ1) is 11.6. The third kappa shape index (κ3) is 5.45. The van der Waals surface area contributed by atoms with Crippen molar-refractivity contribution in [3.8, 4) is 0 Å². The van der Waals surface area contributed by atoms with Crippen molar-refractivity contribution in [1.82, 2.24) is 15.6 Å². The lowest BCUT2D eigenvalue weighted by Crippen LogP contribution is -2.43. The lowest BCUT2D eigenvalue weighted by atomic mass is 9.83. The van der Waals surface area contributed by atoms with Gasteiger partial charge >= 0.3 is 0 Å². The molecule has 0 amide bonds. The summed E-state index contributed by atoms with van der Waals surface area (Å²) in [4.78, 5) is 10.2. The first-order valence-corrected chi connectivity index (χ1v) is 9.85. The molecule has 1 fully saturated rings. The molecule has 0 saturated heterocycles. The van der Waals surface area contributed by atoms with Crippen LogP contribution in [-0.4, -0.2) is 37.7 Å². The van der Waals surface area contributed by atoms with Crippen molar-refractivity contribution in [3.63, 3.8) is 0 Å². The van der Waals surface area contributed by atoms with Crippen LogP contribution in [0.2, 0.25) is 0 Å². The molecule has 6 heteroatoms. The summed E-state index contributed by atoms with van der Waals surface area (Å²) in [5.74, 6) is 0.864. The number of aryl methyl sites for hydroxylation is 2. The summed E-state index contributed by atoms with van der Waals surface area (Å²) in [7, 11) is 1.83. The lowest BCUT2D eigenvalue weighted by molar-refractivity contribution is 0.105. The van der Waals surface area contributed by atoms with Gasteiger partial charge in [0.1, 0.15) is 5.01 Å². The molecule has 5 nitrogen and oxygen atoms in total. The number of rotatable bonds is 8. The summed E-state index contributed by atoms with van der Waals surface area (Å²) < 4.78 is 5.59. The molecule has 0 aliphatic heterocycles. The predicted molar refractivity (Wildman–Crippen MR) is 102 cm³/mol. The van der Waals surface area contributed by atoms with Gasteiger partial charge in [-0.05, 0) is 45.4 Å². The van der Waals surface area contributed by atoms with E-state index >= 15 is 0 Å². The van der Waals surface area contributed by atoms with Gasteiger partial charge in [0.25, 0.3) is 0 Å². The average Bonchev–Trinajstić information content (AvgIpc) is 3.16. The van der Waals surface area contributed by atoms with Crippen molar-refractivity contribution in [2.24, 2.45) is 10.4 Å². The van der Waals surface area contributed by atoms with Crippen LogP contribution in [0.25, 0.3) is 0 Å². The molecule has 2 N–H and O–H groups in total. The zero-order valence-corrected chi connectivity index (χ0v) is 16.4. The Balaban J connectivity index is 1.82. The topological polar surface area (TPSA) is 58.5 Å². The van der Waals surface area contributed by atoms with E-state index in [2.05, 4.69) is 41.4 Å². The minimum atomic E-state index is 0.362. The summed E-state index contributed by atoms with van der Waals surface area (Å²) in [5.41, 5.74) is 1.49. The quantitative estimate of drug-likeness (QED) is 0.428. The molecule has 1 aromatic heterocycles. The Morgan fingerprint density at radius 1 is 1.29 bits per heavy atom. The Labute approximate surface area is 150 Å². The molecule has 24 heavy (non-hydrogen) atoms. The third-order valence-corrected chi connectivity index (χ3v) is 6.05. The number of aromatic nitrogens is 1. The summed E-state index contributed by atoms with van der Waals surface area (Å²) in [6, 6.07) is 0. The van der Waals surface area contributed by atoms with Gasteiger partial charge in [0.05, 0.1) is 12.2 Å². The highest BCUT2D eigenvalue weighted by Crippen LogP contribution is 2.40. The second-order valence-electron chi connectivity index (χ2n) is 6.68. The maximum atomic E-state index is 5.59. The van der Waals surface area contributed by atoms with Gasteiger partial charge in [0.2, 0.25) is 0 Å². The van der Waals surface area contributed by atoms with Crippen molar-refractivity contribution in [1.29, 1.82) is 0 Å². The van der Waals surface area contributed by atoms with Gasteiger partial charge in [-0.15, -0.1) is 11.3 Å². The van der Waals surface area contributed by atoms with Gasteiger partial charge in [-0.25, -0.2) is 4.98 Å². The van der Waals surface area contributed by atoms with E-state index in [0.717, 1.165) is 49.4 Å². The zero-order chi connectivity index (χ0) is 17.4. The fourth-order valence-electron chi connectivity index (χ4n) is 3.34. The molecule has 0 atom stereocenters. The molecule has 1 aliphatic carbocycles. The van der Waals surface area contributed by atoms with Gasteiger partial charge in [0.15, 0.2) is 5.96 Å². The Kier molecular flexibility index (Phi) is 7.49. The average molecular weight is 353 g/mol. The maximum absolute atomic E-state index is 5.59. The highest BCUT2D eigenvalue weighted by Gasteiger charge is 2.33. The summed E-state index contributed by atoms with van der Waals surface area (Å²) in [6.07, 6.45) is 6.37. The standard InChI is InChI=1S/C18H32N4OS/c1-5-23-11-10-18(8-6-7-9-18)13-21-17(19-4)20-12-16-22-14(2)15(3)24-16/h5-13H2,1-4H3,(H2,19,20,21). The van der Waals surface area contributed by atoms with E-state index in [4.69, 9.17) is 4.74 Å². The van der Waals surface area contributed by atoms with E-state index in [-0.39, 0.29) is 0 Å². The Hall–Kier alpha value is -1.14. The van der Waals surface area contributed by atoms with Crippen molar-refractivity contribution >= 4 is 17.3 Å². The number of hydrogen-bond donors (Lipinski definition) is 2. The van der Waals surface area contributed by atoms with Crippen LogP contribution in [0.5, 0.6) is 0 Å². The largest absolute Gasteiger partial charge is 0.382 e. The van der Waals surface area contributed by atoms with Crippen molar-refractivity contribution < 1.29 is 4.74 Å². The number of aliphatic imine (C=N–C) groups is 1. The van der Waals surface area contributed by atoms with E-state index < -0.39 is 0 Å². The van der Waals surface area contributed by atoms with Crippen LogP contribution < -0.4 is 10.6 Å². The number of hydrogen-bond acceptors (Lipinski definition) is 4. The number of nitrogens with zero attached hydrogens (tertiary/aromatic N) is 2. The SMILES string of the molecule is CCOCCC1(CNC(=NC)NCc2nc(C)c(C)s2)CCCC1. The molecule has 0 bridgehead atoms. The molecule has 0 unspecified atom stereocenters. The van der Waals surface area contributed by atoms with E-state index in [1.165, 1.54) is 30.6 Å². The second kappa shape index (κ2) is 9.37. The summed E-state index contributed by atoms with van der Waals surface area (Å²) in [6.45, 7) is 9.60. The van der Waals surface area contributed by atoms with Crippen LogP contribution in [0.1, 0.15) is 54.6 Å². The van der Waals surface area contributed by atoms with Crippen molar-refractivity contribution in [3.05, 3.63) is 15.6 Å². The number of thiazole rings is 1. The van der Waals surface area contributed by atoms with Crippen LogP contribution in [0.3, 0.4) is 0 Å². The van der Waals surface area contributed by atoms with E-state index in [9.17, 15) is 0 Å².